The smallest absolute Gasteiger partial charge is 0.315 e. The molecule has 11 nitrogen and oxygen atoms in total. The van der Waals surface area contributed by atoms with Gasteiger partial charge in [-0.3, -0.25) is 0 Å². The van der Waals surface area contributed by atoms with Crippen LogP contribution in [0.3, 0.4) is 0 Å². The van der Waals surface area contributed by atoms with E-state index in [2.05, 4.69) is 26.2 Å². The van der Waals surface area contributed by atoms with Crippen LogP contribution in [0, 0.1) is 0 Å². The lowest BCUT2D eigenvalue weighted by atomic mass is 10.1. The Hall–Kier alpha value is -3.70. The second-order valence-electron chi connectivity index (χ2n) is 8.10. The Morgan fingerprint density at radius 3 is 2.79 bits per heavy atom. The Balaban J connectivity index is 1.12. The SMILES string of the molecule is O=C(NCc1ccccc1)N[C@H]1CO[C@H]2[C@@H]1OC[C@@H]2n1nnnc1-c1ccc2c(c1)OCO2. The first-order chi connectivity index (χ1) is 16.3. The summed E-state index contributed by atoms with van der Waals surface area (Å²) in [4.78, 5) is 12.4. The molecule has 2 fully saturated rings. The van der Waals surface area contributed by atoms with Gasteiger partial charge >= 0.3 is 6.03 Å². The summed E-state index contributed by atoms with van der Waals surface area (Å²) in [6, 6.07) is 14.6. The van der Waals surface area contributed by atoms with E-state index in [0.29, 0.717) is 37.1 Å². The van der Waals surface area contributed by atoms with Crippen LogP contribution in [-0.2, 0) is 16.0 Å². The maximum Gasteiger partial charge on any atom is 0.315 e. The van der Waals surface area contributed by atoms with Crippen molar-refractivity contribution < 1.29 is 23.7 Å². The molecule has 170 valence electrons. The van der Waals surface area contributed by atoms with E-state index < -0.39 is 0 Å². The average Bonchev–Trinajstić information content (AvgIpc) is 3.62. The molecule has 3 aliphatic rings. The van der Waals surface area contributed by atoms with E-state index >= 15 is 0 Å². The number of rotatable bonds is 5. The minimum absolute atomic E-state index is 0.200. The van der Waals surface area contributed by atoms with Crippen molar-refractivity contribution in [1.29, 1.82) is 0 Å². The van der Waals surface area contributed by atoms with Gasteiger partial charge in [0, 0.05) is 12.1 Å². The Morgan fingerprint density at radius 1 is 1.03 bits per heavy atom. The number of ether oxygens (including phenoxy) is 4. The Kier molecular flexibility index (Phi) is 5.04. The van der Waals surface area contributed by atoms with Crippen molar-refractivity contribution in [2.45, 2.75) is 30.8 Å². The highest BCUT2D eigenvalue weighted by Crippen LogP contribution is 2.38. The zero-order valence-electron chi connectivity index (χ0n) is 17.6. The first kappa shape index (κ1) is 19.9. The van der Waals surface area contributed by atoms with Gasteiger partial charge in [0.15, 0.2) is 17.3 Å². The molecule has 0 aliphatic carbocycles. The van der Waals surface area contributed by atoms with Gasteiger partial charge in [-0.1, -0.05) is 30.3 Å². The van der Waals surface area contributed by atoms with Crippen LogP contribution >= 0.6 is 0 Å². The summed E-state index contributed by atoms with van der Waals surface area (Å²) in [6.07, 6.45) is -0.563. The second-order valence-corrected chi connectivity index (χ2v) is 8.10. The summed E-state index contributed by atoms with van der Waals surface area (Å²) in [7, 11) is 0. The van der Waals surface area contributed by atoms with E-state index in [9.17, 15) is 4.79 Å². The van der Waals surface area contributed by atoms with Gasteiger partial charge in [0.1, 0.15) is 18.2 Å². The normalized spacial score (nSPS) is 25.1. The predicted octanol–water partition coefficient (Wildman–Crippen LogP) is 1.28. The molecule has 6 rings (SSSR count). The number of aromatic nitrogens is 4. The first-order valence-electron chi connectivity index (χ1n) is 10.8. The number of hydrogen-bond acceptors (Lipinski definition) is 8. The number of fused-ring (bicyclic) bond motifs is 2. The fourth-order valence-electron chi connectivity index (χ4n) is 4.45. The van der Waals surface area contributed by atoms with Gasteiger partial charge in [0.25, 0.3) is 0 Å². The van der Waals surface area contributed by atoms with Crippen LogP contribution < -0.4 is 20.1 Å². The summed E-state index contributed by atoms with van der Waals surface area (Å²) in [5.41, 5.74) is 1.83. The fraction of sp³-hybridized carbons (Fsp3) is 0.364. The summed E-state index contributed by atoms with van der Waals surface area (Å²) in [5, 5.41) is 18.1. The highest BCUT2D eigenvalue weighted by atomic mass is 16.7. The van der Waals surface area contributed by atoms with Crippen LogP contribution in [0.15, 0.2) is 48.5 Å². The Labute approximate surface area is 189 Å². The van der Waals surface area contributed by atoms with E-state index in [4.69, 9.17) is 18.9 Å². The van der Waals surface area contributed by atoms with Crippen LogP contribution in [0.1, 0.15) is 11.6 Å². The van der Waals surface area contributed by atoms with Crippen LogP contribution in [0.5, 0.6) is 11.5 Å². The molecule has 33 heavy (non-hydrogen) atoms. The number of tetrazole rings is 1. The highest BCUT2D eigenvalue weighted by Gasteiger charge is 2.50. The maximum atomic E-state index is 12.4. The lowest BCUT2D eigenvalue weighted by Crippen LogP contribution is -2.48. The van der Waals surface area contributed by atoms with Gasteiger partial charge in [0.05, 0.1) is 19.3 Å². The van der Waals surface area contributed by atoms with Gasteiger partial charge in [0.2, 0.25) is 6.79 Å². The number of benzene rings is 2. The molecule has 3 aromatic rings. The number of urea groups is 1. The van der Waals surface area contributed by atoms with E-state index in [1.807, 2.05) is 48.5 Å². The average molecular weight is 450 g/mol. The minimum atomic E-state index is -0.286. The Bertz CT molecular complexity index is 1160. The molecule has 1 aromatic heterocycles. The van der Waals surface area contributed by atoms with E-state index in [0.717, 1.165) is 11.1 Å². The summed E-state index contributed by atoms with van der Waals surface area (Å²) in [6.45, 7) is 1.38. The molecule has 4 heterocycles. The zero-order chi connectivity index (χ0) is 22.2. The third-order valence-electron chi connectivity index (χ3n) is 6.08. The number of carbonyl (C=O) groups excluding carboxylic acids is 1. The standard InChI is InChI=1S/C22H22N6O5/c29-22(23-9-13-4-2-1-3-5-13)24-15-10-30-20-16(11-31-19(15)20)28-21(25-26-27-28)14-6-7-17-18(8-14)33-12-32-17/h1-8,15-16,19-20H,9-12H2,(H2,23,24,29)/t15-,16-,19+,20+/m0/s1. The summed E-state index contributed by atoms with van der Waals surface area (Å²) in [5.74, 6) is 1.94. The number of nitrogens with one attached hydrogen (secondary N) is 2. The second kappa shape index (κ2) is 8.34. The van der Waals surface area contributed by atoms with Gasteiger partial charge in [-0.15, -0.1) is 5.10 Å². The topological polar surface area (TPSA) is 122 Å². The summed E-state index contributed by atoms with van der Waals surface area (Å²) < 4.78 is 24.6. The molecule has 4 atom stereocenters. The molecule has 0 unspecified atom stereocenters. The third kappa shape index (κ3) is 3.74. The molecular formula is C22H22N6O5. The van der Waals surface area contributed by atoms with E-state index in [1.165, 1.54) is 0 Å². The van der Waals surface area contributed by atoms with E-state index in [1.54, 1.807) is 4.68 Å². The van der Waals surface area contributed by atoms with Crippen molar-refractivity contribution in [3.63, 3.8) is 0 Å². The number of amides is 2. The molecule has 0 saturated carbocycles. The van der Waals surface area contributed by atoms with Crippen LogP contribution in [-0.4, -0.2) is 64.5 Å². The highest BCUT2D eigenvalue weighted by molar-refractivity contribution is 5.74. The van der Waals surface area contributed by atoms with E-state index in [-0.39, 0.29) is 37.1 Å². The van der Waals surface area contributed by atoms with Gasteiger partial charge in [-0.25, -0.2) is 9.48 Å². The molecule has 0 spiro atoms. The fourth-order valence-corrected chi connectivity index (χ4v) is 4.45. The maximum absolute atomic E-state index is 12.4. The van der Waals surface area contributed by atoms with Crippen molar-refractivity contribution in [3.8, 4) is 22.9 Å². The predicted molar refractivity (Wildman–Crippen MR) is 113 cm³/mol. The van der Waals surface area contributed by atoms with Gasteiger partial charge in [-0.05, 0) is 34.2 Å². The number of carbonyl (C=O) groups is 1. The van der Waals surface area contributed by atoms with Crippen molar-refractivity contribution in [2.75, 3.05) is 20.0 Å². The van der Waals surface area contributed by atoms with Crippen LogP contribution in [0.2, 0.25) is 0 Å². The molecular weight excluding hydrogens is 428 g/mol. The van der Waals surface area contributed by atoms with Crippen LogP contribution in [0.4, 0.5) is 4.79 Å². The van der Waals surface area contributed by atoms with Crippen molar-refractivity contribution in [2.24, 2.45) is 0 Å². The monoisotopic (exact) mass is 450 g/mol. The van der Waals surface area contributed by atoms with Gasteiger partial charge in [-0.2, -0.15) is 0 Å². The molecule has 2 aromatic carbocycles. The quantitative estimate of drug-likeness (QED) is 0.596. The molecule has 2 N–H and O–H groups in total. The molecule has 2 amide bonds. The molecule has 3 aliphatic heterocycles. The lowest BCUT2D eigenvalue weighted by Gasteiger charge is -2.18. The molecule has 0 radical (unpaired) electrons. The van der Waals surface area contributed by atoms with Crippen molar-refractivity contribution >= 4 is 6.03 Å². The van der Waals surface area contributed by atoms with Gasteiger partial charge < -0.3 is 29.6 Å². The summed E-state index contributed by atoms with van der Waals surface area (Å²) >= 11 is 0. The number of nitrogens with zero attached hydrogens (tertiary/aromatic N) is 4. The first-order valence-corrected chi connectivity index (χ1v) is 10.8. The third-order valence-corrected chi connectivity index (χ3v) is 6.08. The minimum Gasteiger partial charge on any atom is -0.454 e. The molecule has 2 saturated heterocycles. The van der Waals surface area contributed by atoms with Crippen molar-refractivity contribution in [3.05, 3.63) is 54.1 Å². The zero-order valence-corrected chi connectivity index (χ0v) is 17.6. The molecule has 11 heteroatoms. The van der Waals surface area contributed by atoms with Crippen molar-refractivity contribution in [1.82, 2.24) is 30.8 Å². The van der Waals surface area contributed by atoms with Crippen LogP contribution in [0.25, 0.3) is 11.4 Å². The molecule has 0 bridgehead atoms. The Morgan fingerprint density at radius 2 is 1.88 bits per heavy atom. The largest absolute Gasteiger partial charge is 0.454 e. The lowest BCUT2D eigenvalue weighted by molar-refractivity contribution is 0.0624. The number of hydrogen-bond donors (Lipinski definition) is 2.